The number of nitrogens with one attached hydrogen (secondary N) is 2. The molecule has 0 amide bonds. The van der Waals surface area contributed by atoms with Crippen LogP contribution < -0.4 is 10.6 Å². The van der Waals surface area contributed by atoms with E-state index >= 15 is 0 Å². The van der Waals surface area contributed by atoms with Crippen LogP contribution in [0.25, 0.3) is 0 Å². The molecule has 0 bridgehead atoms. The van der Waals surface area contributed by atoms with Crippen molar-refractivity contribution in [3.8, 4) is 0 Å². The van der Waals surface area contributed by atoms with Crippen molar-refractivity contribution in [3.05, 3.63) is 17.0 Å². The summed E-state index contributed by atoms with van der Waals surface area (Å²) in [6, 6.07) is 0. The summed E-state index contributed by atoms with van der Waals surface area (Å²) in [4.78, 5) is 7.42. The van der Waals surface area contributed by atoms with E-state index in [0.717, 1.165) is 30.7 Å². The molecule has 6 nitrogen and oxygen atoms in total. The van der Waals surface area contributed by atoms with Crippen LogP contribution in [-0.4, -0.2) is 52.4 Å². The molecular formula is C20H38N6. The number of aromatic nitrogens is 2. The van der Waals surface area contributed by atoms with Crippen LogP contribution in [0.3, 0.4) is 0 Å². The average Bonchev–Trinajstić information content (AvgIpc) is 2.83. The highest BCUT2D eigenvalue weighted by Crippen LogP contribution is 2.23. The van der Waals surface area contributed by atoms with Crippen LogP contribution in [0.1, 0.15) is 57.5 Å². The van der Waals surface area contributed by atoms with Crippen LogP contribution in [0.2, 0.25) is 0 Å². The van der Waals surface area contributed by atoms with Crippen LogP contribution in [0.15, 0.2) is 4.99 Å². The van der Waals surface area contributed by atoms with Crippen molar-refractivity contribution >= 4 is 5.96 Å². The van der Waals surface area contributed by atoms with E-state index in [1.807, 2.05) is 11.7 Å². The summed E-state index contributed by atoms with van der Waals surface area (Å²) in [6.07, 6.45) is 2.66. The van der Waals surface area contributed by atoms with E-state index in [-0.39, 0.29) is 5.54 Å². The molecule has 2 N–H and O–H groups in total. The fraction of sp³-hybridized carbons (Fsp3) is 0.800. The molecule has 1 aliphatic heterocycles. The van der Waals surface area contributed by atoms with Gasteiger partial charge in [0.2, 0.25) is 0 Å². The Morgan fingerprint density at radius 3 is 2.62 bits per heavy atom. The molecule has 0 aromatic carbocycles. The Kier molecular flexibility index (Phi) is 7.09. The van der Waals surface area contributed by atoms with E-state index < -0.39 is 0 Å². The summed E-state index contributed by atoms with van der Waals surface area (Å²) < 4.78 is 1.93. The molecule has 2 heterocycles. The zero-order valence-corrected chi connectivity index (χ0v) is 17.8. The van der Waals surface area contributed by atoms with Crippen molar-refractivity contribution in [2.45, 2.75) is 66.5 Å². The van der Waals surface area contributed by atoms with Crippen molar-refractivity contribution in [2.24, 2.45) is 18.0 Å². The lowest BCUT2D eigenvalue weighted by molar-refractivity contribution is 0.0739. The van der Waals surface area contributed by atoms with Gasteiger partial charge in [0.1, 0.15) is 0 Å². The van der Waals surface area contributed by atoms with Gasteiger partial charge in [0, 0.05) is 43.5 Å². The molecule has 1 unspecified atom stereocenters. The molecule has 1 fully saturated rings. The lowest BCUT2D eigenvalue weighted by Crippen LogP contribution is -2.56. The molecule has 0 spiro atoms. The van der Waals surface area contributed by atoms with E-state index in [0.29, 0.717) is 6.54 Å². The maximum Gasteiger partial charge on any atom is 0.191 e. The quantitative estimate of drug-likeness (QED) is 0.603. The summed E-state index contributed by atoms with van der Waals surface area (Å²) >= 11 is 0. The lowest BCUT2D eigenvalue weighted by atomic mass is 9.93. The monoisotopic (exact) mass is 362 g/mol. The minimum Gasteiger partial charge on any atom is -0.357 e. The number of aryl methyl sites for hydroxylation is 2. The summed E-state index contributed by atoms with van der Waals surface area (Å²) in [7, 11) is 1.99. The highest BCUT2D eigenvalue weighted by atomic mass is 15.3. The van der Waals surface area contributed by atoms with Crippen molar-refractivity contribution in [2.75, 3.05) is 26.2 Å². The highest BCUT2D eigenvalue weighted by Gasteiger charge is 2.30. The molecule has 0 saturated carbocycles. The number of guanidine groups is 1. The van der Waals surface area contributed by atoms with E-state index in [9.17, 15) is 0 Å². The number of likely N-dealkylation sites (tertiary alicyclic amines) is 1. The highest BCUT2D eigenvalue weighted by molar-refractivity contribution is 5.79. The van der Waals surface area contributed by atoms with Gasteiger partial charge in [-0.3, -0.25) is 9.58 Å². The zero-order chi connectivity index (χ0) is 19.3. The van der Waals surface area contributed by atoms with E-state index in [2.05, 4.69) is 62.2 Å². The van der Waals surface area contributed by atoms with Crippen LogP contribution in [0.5, 0.6) is 0 Å². The number of hydrogen-bond acceptors (Lipinski definition) is 3. The number of hydrogen-bond donors (Lipinski definition) is 2. The van der Waals surface area contributed by atoms with Gasteiger partial charge in [-0.05, 0) is 59.9 Å². The summed E-state index contributed by atoms with van der Waals surface area (Å²) in [5.41, 5.74) is 3.58. The van der Waals surface area contributed by atoms with Crippen molar-refractivity contribution in [1.82, 2.24) is 25.3 Å². The van der Waals surface area contributed by atoms with E-state index in [1.165, 1.54) is 37.2 Å². The van der Waals surface area contributed by atoms with Crippen LogP contribution in [-0.2, 0) is 13.6 Å². The standard InChI is InChI=1S/C20H38N6/c1-8-21-19(22-12-18-16(3)24-25(7)17(18)4)23-14-20(5,6)26-11-9-10-15(2)13-26/h15H,8-14H2,1-7H3,(H2,21,22,23). The minimum atomic E-state index is 0.116. The second-order valence-corrected chi connectivity index (χ2v) is 8.33. The molecule has 1 atom stereocenters. The zero-order valence-electron chi connectivity index (χ0n) is 17.8. The molecule has 1 aromatic heterocycles. The first-order valence-electron chi connectivity index (χ1n) is 10.0. The Hall–Kier alpha value is -1.56. The molecule has 1 saturated heterocycles. The van der Waals surface area contributed by atoms with Crippen molar-refractivity contribution < 1.29 is 0 Å². The third kappa shape index (κ3) is 5.22. The summed E-state index contributed by atoms with van der Waals surface area (Å²) in [6.45, 7) is 18.1. The smallest absolute Gasteiger partial charge is 0.191 e. The molecule has 0 radical (unpaired) electrons. The molecule has 0 aliphatic carbocycles. The number of aliphatic imine (C=N–C) groups is 1. The maximum atomic E-state index is 4.80. The van der Waals surface area contributed by atoms with Crippen LogP contribution >= 0.6 is 0 Å². The second kappa shape index (κ2) is 8.89. The molecular weight excluding hydrogens is 324 g/mol. The average molecular weight is 363 g/mol. The Morgan fingerprint density at radius 2 is 2.04 bits per heavy atom. The van der Waals surface area contributed by atoms with Gasteiger partial charge < -0.3 is 10.6 Å². The van der Waals surface area contributed by atoms with Gasteiger partial charge in [-0.15, -0.1) is 0 Å². The van der Waals surface area contributed by atoms with Crippen LogP contribution in [0.4, 0.5) is 0 Å². The number of rotatable bonds is 6. The maximum absolute atomic E-state index is 4.80. The molecule has 1 aromatic rings. The number of piperidine rings is 1. The SMILES string of the molecule is CCNC(=NCc1c(C)nn(C)c1C)NCC(C)(C)N1CCCC(C)C1. The molecule has 6 heteroatoms. The normalized spacial score (nSPS) is 19.7. The number of nitrogens with zero attached hydrogens (tertiary/aromatic N) is 4. The minimum absolute atomic E-state index is 0.116. The van der Waals surface area contributed by atoms with Crippen LogP contribution in [0, 0.1) is 19.8 Å². The summed E-state index contributed by atoms with van der Waals surface area (Å²) in [5, 5.41) is 11.4. The van der Waals surface area contributed by atoms with Gasteiger partial charge in [0.15, 0.2) is 5.96 Å². The lowest BCUT2D eigenvalue weighted by Gasteiger charge is -2.43. The van der Waals surface area contributed by atoms with Crippen molar-refractivity contribution in [3.63, 3.8) is 0 Å². The first kappa shape index (κ1) is 20.7. The summed E-state index contributed by atoms with van der Waals surface area (Å²) in [5.74, 6) is 1.68. The second-order valence-electron chi connectivity index (χ2n) is 8.33. The molecule has 1 aliphatic rings. The Labute approximate surface area is 159 Å². The van der Waals surface area contributed by atoms with Gasteiger partial charge in [0.05, 0.1) is 12.2 Å². The van der Waals surface area contributed by atoms with Gasteiger partial charge in [-0.1, -0.05) is 6.92 Å². The van der Waals surface area contributed by atoms with Gasteiger partial charge >= 0.3 is 0 Å². The Morgan fingerprint density at radius 1 is 1.31 bits per heavy atom. The predicted molar refractivity (Wildman–Crippen MR) is 110 cm³/mol. The predicted octanol–water partition coefficient (Wildman–Crippen LogP) is 2.60. The third-order valence-corrected chi connectivity index (χ3v) is 5.60. The van der Waals surface area contributed by atoms with Gasteiger partial charge in [-0.25, -0.2) is 4.99 Å². The first-order valence-corrected chi connectivity index (χ1v) is 10.0. The van der Waals surface area contributed by atoms with Gasteiger partial charge in [-0.2, -0.15) is 5.10 Å². The van der Waals surface area contributed by atoms with E-state index in [1.54, 1.807) is 0 Å². The van der Waals surface area contributed by atoms with Gasteiger partial charge in [0.25, 0.3) is 0 Å². The first-order chi connectivity index (χ1) is 12.2. The molecule has 148 valence electrons. The topological polar surface area (TPSA) is 57.5 Å². The third-order valence-electron chi connectivity index (χ3n) is 5.60. The molecule has 2 rings (SSSR count). The Bertz CT molecular complexity index is 616. The fourth-order valence-corrected chi connectivity index (χ4v) is 3.70. The molecule has 26 heavy (non-hydrogen) atoms. The largest absolute Gasteiger partial charge is 0.357 e. The fourth-order valence-electron chi connectivity index (χ4n) is 3.70. The van der Waals surface area contributed by atoms with Crippen molar-refractivity contribution in [1.29, 1.82) is 0 Å². The Balaban J connectivity index is 2.00. The van der Waals surface area contributed by atoms with E-state index in [4.69, 9.17) is 4.99 Å².